The molecule has 48 heavy (non-hydrogen) atoms. The van der Waals surface area contributed by atoms with Crippen LogP contribution in [0.5, 0.6) is 17.2 Å². The molecule has 2 aromatic heterocycles. The van der Waals surface area contributed by atoms with Crippen molar-refractivity contribution in [2.24, 2.45) is 5.73 Å². The van der Waals surface area contributed by atoms with Crippen LogP contribution >= 0.6 is 11.6 Å². The Balaban J connectivity index is 1.20. The van der Waals surface area contributed by atoms with E-state index in [0.29, 0.717) is 46.3 Å². The van der Waals surface area contributed by atoms with Gasteiger partial charge in [-0.3, -0.25) is 25.1 Å². The zero-order valence-electron chi connectivity index (χ0n) is 27.8. The Morgan fingerprint density at radius 3 is 2.40 bits per heavy atom. The van der Waals surface area contributed by atoms with Gasteiger partial charge in [-0.25, -0.2) is 4.79 Å². The highest BCUT2D eigenvalue weighted by Gasteiger charge is 2.20. The first-order chi connectivity index (χ1) is 23.0. The molecule has 5 rings (SSSR count). The molecule has 4 aromatic rings. The van der Waals surface area contributed by atoms with Crippen molar-refractivity contribution in [2.75, 3.05) is 70.2 Å². The predicted molar refractivity (Wildman–Crippen MR) is 187 cm³/mol. The number of ether oxygens (including phenoxy) is 3. The maximum absolute atomic E-state index is 12.6. The number of nitrogens with one attached hydrogen (secondary N) is 3. The molecule has 0 radical (unpaired) electrons. The number of rotatable bonds is 13. The van der Waals surface area contributed by atoms with E-state index < -0.39 is 11.9 Å². The van der Waals surface area contributed by atoms with Crippen LogP contribution in [0, 0.1) is 0 Å². The number of urea groups is 1. The van der Waals surface area contributed by atoms with Gasteiger partial charge in [0.1, 0.15) is 17.2 Å². The first kappa shape index (κ1) is 34.9. The van der Waals surface area contributed by atoms with Crippen LogP contribution in [0.25, 0.3) is 10.9 Å². The maximum atomic E-state index is 12.6. The van der Waals surface area contributed by atoms with Crippen molar-refractivity contribution >= 4 is 45.9 Å². The number of amides is 3. The molecule has 256 valence electrons. The van der Waals surface area contributed by atoms with Crippen LogP contribution in [0.4, 0.5) is 16.3 Å². The summed E-state index contributed by atoms with van der Waals surface area (Å²) in [7, 11) is 1.73. The van der Waals surface area contributed by atoms with Crippen molar-refractivity contribution < 1.29 is 23.8 Å². The number of halogens is 1. The number of benzene rings is 2. The minimum atomic E-state index is -0.616. The standard InChI is InChI=1S/C34H43ClN8O5/c1-34(2,3)30-21-31(41-40-30)39-33(45)38-26-7-6-22(18-25(26)35)48-28-8-9-37-27-20-29(24(32(36)44)19-23(27)28)47-16-5-10-42-11-13-43(14-12-42)15-17-46-4/h6-9,18-21H,5,10-17H2,1-4H3,(H2,36,44)(H3,38,39,40,41,45). The number of nitrogens with two attached hydrogens (primary N) is 1. The normalized spacial score (nSPS) is 14.2. The van der Waals surface area contributed by atoms with Crippen molar-refractivity contribution in [3.8, 4) is 17.2 Å². The number of primary amides is 1. The summed E-state index contributed by atoms with van der Waals surface area (Å²) in [6.45, 7) is 13.2. The topological polar surface area (TPSA) is 160 Å². The van der Waals surface area contributed by atoms with Crippen LogP contribution in [-0.4, -0.2) is 96.5 Å². The van der Waals surface area contributed by atoms with Crippen molar-refractivity contribution in [3.05, 3.63) is 64.9 Å². The maximum Gasteiger partial charge on any atom is 0.324 e. The van der Waals surface area contributed by atoms with Crippen molar-refractivity contribution in [1.29, 1.82) is 0 Å². The van der Waals surface area contributed by atoms with Gasteiger partial charge in [-0.15, -0.1) is 0 Å². The van der Waals surface area contributed by atoms with Crippen LogP contribution in [0.3, 0.4) is 0 Å². The Morgan fingerprint density at radius 1 is 0.979 bits per heavy atom. The SMILES string of the molecule is COCCN1CCN(CCCOc2cc3nccc(Oc4ccc(NC(=O)Nc5cc(C(C)(C)C)[nH]n5)c(Cl)c4)c3cc2C(N)=O)CC1. The summed E-state index contributed by atoms with van der Waals surface area (Å²) in [5.41, 5.74) is 7.71. The van der Waals surface area contributed by atoms with Gasteiger partial charge in [0.15, 0.2) is 5.82 Å². The Bertz CT molecular complexity index is 1730. The average molecular weight is 679 g/mol. The lowest BCUT2D eigenvalue weighted by Crippen LogP contribution is -2.47. The van der Waals surface area contributed by atoms with Crippen molar-refractivity contribution in [2.45, 2.75) is 32.6 Å². The molecule has 0 unspecified atom stereocenters. The van der Waals surface area contributed by atoms with Gasteiger partial charge in [-0.05, 0) is 30.7 Å². The highest BCUT2D eigenvalue weighted by Crippen LogP contribution is 2.35. The van der Waals surface area contributed by atoms with Gasteiger partial charge in [-0.2, -0.15) is 5.10 Å². The van der Waals surface area contributed by atoms with E-state index in [1.807, 2.05) is 20.8 Å². The van der Waals surface area contributed by atoms with Gasteiger partial charge in [0.05, 0.1) is 35.0 Å². The quantitative estimate of drug-likeness (QED) is 0.134. The van der Waals surface area contributed by atoms with E-state index in [1.54, 1.807) is 55.8 Å². The third kappa shape index (κ3) is 9.13. The van der Waals surface area contributed by atoms with Gasteiger partial charge in [0.25, 0.3) is 5.91 Å². The number of piperazine rings is 1. The minimum absolute atomic E-state index is 0.138. The van der Waals surface area contributed by atoms with Gasteiger partial charge < -0.3 is 30.2 Å². The number of hydrogen-bond donors (Lipinski definition) is 4. The Kier molecular flexibility index (Phi) is 11.4. The zero-order valence-corrected chi connectivity index (χ0v) is 28.5. The second-order valence-corrected chi connectivity index (χ2v) is 13.1. The molecule has 2 aromatic carbocycles. The summed E-state index contributed by atoms with van der Waals surface area (Å²) in [4.78, 5) is 34.3. The van der Waals surface area contributed by atoms with Crippen LogP contribution < -0.4 is 25.8 Å². The molecular formula is C34H43ClN8O5. The number of carbonyl (C=O) groups excluding carboxylic acids is 2. The fourth-order valence-corrected chi connectivity index (χ4v) is 5.52. The summed E-state index contributed by atoms with van der Waals surface area (Å²) in [6, 6.07) is 11.2. The molecule has 0 aliphatic carbocycles. The Hall–Kier alpha value is -4.43. The molecule has 1 aliphatic heterocycles. The molecule has 13 nitrogen and oxygen atoms in total. The van der Waals surface area contributed by atoms with Crippen LogP contribution in [0.1, 0.15) is 43.2 Å². The van der Waals surface area contributed by atoms with E-state index in [-0.39, 0.29) is 16.0 Å². The lowest BCUT2D eigenvalue weighted by molar-refractivity contribution is 0.0939. The number of methoxy groups -OCH3 is 1. The number of hydrogen-bond acceptors (Lipinski definition) is 9. The van der Waals surface area contributed by atoms with Crippen LogP contribution in [0.15, 0.2) is 48.7 Å². The number of H-pyrrole nitrogens is 1. The molecular weight excluding hydrogens is 636 g/mol. The largest absolute Gasteiger partial charge is 0.493 e. The average Bonchev–Trinajstić information content (AvgIpc) is 3.53. The molecule has 3 amide bonds. The summed E-state index contributed by atoms with van der Waals surface area (Å²) >= 11 is 6.50. The van der Waals surface area contributed by atoms with E-state index in [1.165, 1.54) is 0 Å². The first-order valence-corrected chi connectivity index (χ1v) is 16.3. The van der Waals surface area contributed by atoms with E-state index in [4.69, 9.17) is 31.5 Å². The fraction of sp³-hybridized carbons (Fsp3) is 0.412. The molecule has 14 heteroatoms. The third-order valence-electron chi connectivity index (χ3n) is 8.07. The monoisotopic (exact) mass is 678 g/mol. The lowest BCUT2D eigenvalue weighted by atomic mass is 9.92. The highest BCUT2D eigenvalue weighted by atomic mass is 35.5. The summed E-state index contributed by atoms with van der Waals surface area (Å²) in [6.07, 6.45) is 2.42. The van der Waals surface area contributed by atoms with Crippen molar-refractivity contribution in [1.82, 2.24) is 25.0 Å². The smallest absolute Gasteiger partial charge is 0.324 e. The molecule has 0 spiro atoms. The molecule has 1 saturated heterocycles. The number of pyridine rings is 1. The van der Waals surface area contributed by atoms with E-state index in [9.17, 15) is 9.59 Å². The Labute approximate surface area is 285 Å². The molecule has 1 fully saturated rings. The molecule has 1 aliphatic rings. The summed E-state index contributed by atoms with van der Waals surface area (Å²) in [5.74, 6) is 1.02. The van der Waals surface area contributed by atoms with E-state index in [0.717, 1.165) is 58.0 Å². The number of fused-ring (bicyclic) bond motifs is 1. The highest BCUT2D eigenvalue weighted by molar-refractivity contribution is 6.34. The summed E-state index contributed by atoms with van der Waals surface area (Å²) in [5, 5.41) is 13.3. The minimum Gasteiger partial charge on any atom is -0.493 e. The molecule has 0 atom stereocenters. The molecule has 5 N–H and O–H groups in total. The fourth-order valence-electron chi connectivity index (χ4n) is 5.30. The molecule has 0 saturated carbocycles. The van der Waals surface area contributed by atoms with Gasteiger partial charge in [-0.1, -0.05) is 32.4 Å². The Morgan fingerprint density at radius 2 is 1.73 bits per heavy atom. The third-order valence-corrected chi connectivity index (χ3v) is 8.38. The van der Waals surface area contributed by atoms with Crippen molar-refractivity contribution in [3.63, 3.8) is 0 Å². The predicted octanol–water partition coefficient (Wildman–Crippen LogP) is 5.48. The second kappa shape index (κ2) is 15.6. The van der Waals surface area contributed by atoms with Gasteiger partial charge >= 0.3 is 6.03 Å². The second-order valence-electron chi connectivity index (χ2n) is 12.7. The number of nitrogens with zero attached hydrogens (tertiary/aromatic N) is 4. The molecule has 3 heterocycles. The van der Waals surface area contributed by atoms with Gasteiger partial charge in [0, 0.05) is 87.3 Å². The van der Waals surface area contributed by atoms with Crippen LogP contribution in [-0.2, 0) is 10.2 Å². The number of aromatic nitrogens is 3. The van der Waals surface area contributed by atoms with Crippen LogP contribution in [0.2, 0.25) is 5.02 Å². The summed E-state index contributed by atoms with van der Waals surface area (Å²) < 4.78 is 17.4. The number of aromatic amines is 1. The van der Waals surface area contributed by atoms with E-state index >= 15 is 0 Å². The van der Waals surface area contributed by atoms with Gasteiger partial charge in [0.2, 0.25) is 0 Å². The zero-order chi connectivity index (χ0) is 34.3. The lowest BCUT2D eigenvalue weighted by Gasteiger charge is -2.34. The number of carbonyl (C=O) groups is 2. The first-order valence-electron chi connectivity index (χ1n) is 15.9. The molecule has 0 bridgehead atoms. The number of anilines is 2. The van der Waals surface area contributed by atoms with E-state index in [2.05, 4.69) is 35.6 Å².